The van der Waals surface area contributed by atoms with Crippen molar-refractivity contribution in [2.75, 3.05) is 20.2 Å². The molecule has 0 unspecified atom stereocenters. The summed E-state index contributed by atoms with van der Waals surface area (Å²) in [6, 6.07) is -0.00190. The number of carbonyl (C=O) groups excluding carboxylic acids is 1. The van der Waals surface area contributed by atoms with E-state index in [1.165, 1.54) is 0 Å². The number of imidazole rings is 1. The summed E-state index contributed by atoms with van der Waals surface area (Å²) in [5.74, 6) is 0.263. The number of amides is 1. The number of rotatable bonds is 3. The summed E-state index contributed by atoms with van der Waals surface area (Å²) >= 11 is 0. The number of hydrogen-bond acceptors (Lipinski definition) is 4. The highest BCUT2D eigenvalue weighted by Crippen LogP contribution is 2.08. The minimum atomic E-state index is -0.159. The molecule has 1 aliphatic heterocycles. The maximum Gasteiger partial charge on any atom is 0.287 e. The Morgan fingerprint density at radius 1 is 1.71 bits per heavy atom. The van der Waals surface area contributed by atoms with E-state index >= 15 is 0 Å². The zero-order valence-corrected chi connectivity index (χ0v) is 10.1. The van der Waals surface area contributed by atoms with Crippen LogP contribution in [0.15, 0.2) is 12.4 Å². The Kier molecular flexibility index (Phi) is 3.75. The van der Waals surface area contributed by atoms with E-state index in [1.807, 2.05) is 0 Å². The van der Waals surface area contributed by atoms with Gasteiger partial charge in [-0.15, -0.1) is 0 Å². The van der Waals surface area contributed by atoms with Crippen molar-refractivity contribution >= 4 is 5.91 Å². The summed E-state index contributed by atoms with van der Waals surface area (Å²) in [7, 11) is 3.48. The Morgan fingerprint density at radius 2 is 2.53 bits per heavy atom. The molecular formula is C11H18N4O2. The second-order valence-corrected chi connectivity index (χ2v) is 4.21. The van der Waals surface area contributed by atoms with Crippen molar-refractivity contribution in [3.8, 4) is 0 Å². The summed E-state index contributed by atoms with van der Waals surface area (Å²) < 4.78 is 7.07. The van der Waals surface area contributed by atoms with E-state index in [1.54, 1.807) is 31.1 Å². The first-order valence-electron chi connectivity index (χ1n) is 5.74. The molecule has 0 saturated carbocycles. The van der Waals surface area contributed by atoms with Gasteiger partial charge in [-0.25, -0.2) is 4.98 Å². The molecule has 0 radical (unpaired) electrons. The summed E-state index contributed by atoms with van der Waals surface area (Å²) in [5, 5.41) is 6.20. The van der Waals surface area contributed by atoms with Gasteiger partial charge in [0.2, 0.25) is 0 Å². The van der Waals surface area contributed by atoms with Crippen LogP contribution in [0.4, 0.5) is 0 Å². The van der Waals surface area contributed by atoms with E-state index in [2.05, 4.69) is 15.6 Å². The van der Waals surface area contributed by atoms with Gasteiger partial charge in [0.25, 0.3) is 5.91 Å². The largest absolute Gasteiger partial charge is 0.379 e. The van der Waals surface area contributed by atoms with Crippen LogP contribution in [0.1, 0.15) is 17.0 Å². The molecule has 1 aromatic rings. The lowest BCUT2D eigenvalue weighted by Gasteiger charge is -2.31. The molecule has 1 aliphatic rings. The molecular weight excluding hydrogens is 220 g/mol. The highest BCUT2D eigenvalue weighted by molar-refractivity contribution is 5.91. The molecule has 1 aromatic heterocycles. The van der Waals surface area contributed by atoms with Gasteiger partial charge < -0.3 is 19.9 Å². The van der Waals surface area contributed by atoms with E-state index < -0.39 is 0 Å². The van der Waals surface area contributed by atoms with Gasteiger partial charge in [0.15, 0.2) is 5.82 Å². The first-order valence-corrected chi connectivity index (χ1v) is 5.74. The van der Waals surface area contributed by atoms with Crippen molar-refractivity contribution in [3.05, 3.63) is 18.2 Å². The van der Waals surface area contributed by atoms with E-state index in [9.17, 15) is 4.79 Å². The smallest absolute Gasteiger partial charge is 0.287 e. The molecule has 0 aliphatic carbocycles. The molecule has 1 fully saturated rings. The molecule has 1 saturated heterocycles. The fourth-order valence-corrected chi connectivity index (χ4v) is 2.08. The molecule has 0 bridgehead atoms. The van der Waals surface area contributed by atoms with Gasteiger partial charge in [0.05, 0.1) is 12.1 Å². The van der Waals surface area contributed by atoms with Crippen molar-refractivity contribution < 1.29 is 9.53 Å². The predicted molar refractivity (Wildman–Crippen MR) is 62.7 cm³/mol. The summed E-state index contributed by atoms with van der Waals surface area (Å²) in [5.41, 5.74) is 0. The average Bonchev–Trinajstić information content (AvgIpc) is 2.76. The van der Waals surface area contributed by atoms with Crippen molar-refractivity contribution in [1.29, 1.82) is 0 Å². The highest BCUT2D eigenvalue weighted by Gasteiger charge is 2.27. The fraction of sp³-hybridized carbons (Fsp3) is 0.636. The Labute approximate surface area is 100 Å². The quantitative estimate of drug-likeness (QED) is 0.747. The van der Waals surface area contributed by atoms with Crippen LogP contribution in [-0.4, -0.2) is 47.8 Å². The number of aryl methyl sites for hydroxylation is 1. The number of nitrogens with zero attached hydrogens (tertiary/aromatic N) is 2. The number of ether oxygens (including phenoxy) is 1. The van der Waals surface area contributed by atoms with Gasteiger partial charge in [-0.3, -0.25) is 4.79 Å². The van der Waals surface area contributed by atoms with Crippen molar-refractivity contribution in [2.45, 2.75) is 18.6 Å². The maximum atomic E-state index is 12.0. The van der Waals surface area contributed by atoms with E-state index in [-0.39, 0.29) is 18.1 Å². The standard InChI is InChI=1S/C11H18N4O2/c1-15-6-5-13-10(15)11(16)14-8-7-12-4-3-9(8)17-2/h5-6,8-9,12H,3-4,7H2,1-2H3,(H,14,16)/t8-,9+/m0/s1. The number of piperidine rings is 1. The Bertz CT molecular complexity index is 391. The van der Waals surface area contributed by atoms with E-state index in [4.69, 9.17) is 4.74 Å². The number of hydrogen-bond donors (Lipinski definition) is 2. The van der Waals surface area contributed by atoms with Crippen LogP contribution in [0, 0.1) is 0 Å². The van der Waals surface area contributed by atoms with E-state index in [0.717, 1.165) is 19.5 Å². The maximum absolute atomic E-state index is 12.0. The second-order valence-electron chi connectivity index (χ2n) is 4.21. The van der Waals surface area contributed by atoms with Gasteiger partial charge in [-0.2, -0.15) is 0 Å². The highest BCUT2D eigenvalue weighted by atomic mass is 16.5. The van der Waals surface area contributed by atoms with Gasteiger partial charge in [-0.05, 0) is 13.0 Å². The fourth-order valence-electron chi connectivity index (χ4n) is 2.08. The molecule has 0 spiro atoms. The topological polar surface area (TPSA) is 68.2 Å². The predicted octanol–water partition coefficient (Wildman–Crippen LogP) is -0.473. The molecule has 2 atom stereocenters. The number of methoxy groups -OCH3 is 1. The van der Waals surface area contributed by atoms with Crippen LogP contribution in [0.25, 0.3) is 0 Å². The first-order chi connectivity index (χ1) is 8.22. The molecule has 1 amide bonds. The van der Waals surface area contributed by atoms with Crippen molar-refractivity contribution in [3.63, 3.8) is 0 Å². The zero-order chi connectivity index (χ0) is 12.3. The van der Waals surface area contributed by atoms with Gasteiger partial charge in [0.1, 0.15) is 0 Å². The molecule has 2 rings (SSSR count). The lowest BCUT2D eigenvalue weighted by Crippen LogP contribution is -2.54. The Morgan fingerprint density at radius 3 is 3.18 bits per heavy atom. The monoisotopic (exact) mass is 238 g/mol. The summed E-state index contributed by atoms with van der Waals surface area (Å²) in [4.78, 5) is 16.0. The summed E-state index contributed by atoms with van der Waals surface area (Å²) in [6.07, 6.45) is 4.34. The molecule has 17 heavy (non-hydrogen) atoms. The molecule has 2 heterocycles. The molecule has 2 N–H and O–H groups in total. The summed E-state index contributed by atoms with van der Waals surface area (Å²) in [6.45, 7) is 1.65. The molecule has 0 aromatic carbocycles. The van der Waals surface area contributed by atoms with Crippen LogP contribution in [-0.2, 0) is 11.8 Å². The van der Waals surface area contributed by atoms with Crippen LogP contribution >= 0.6 is 0 Å². The minimum absolute atomic E-state index is 0.00190. The third-order valence-electron chi connectivity index (χ3n) is 3.06. The minimum Gasteiger partial charge on any atom is -0.379 e. The Balaban J connectivity index is 2.00. The van der Waals surface area contributed by atoms with Crippen LogP contribution in [0.3, 0.4) is 0 Å². The van der Waals surface area contributed by atoms with Gasteiger partial charge in [0, 0.05) is 33.1 Å². The van der Waals surface area contributed by atoms with Crippen molar-refractivity contribution in [1.82, 2.24) is 20.2 Å². The average molecular weight is 238 g/mol. The lowest BCUT2D eigenvalue weighted by atomic mass is 10.0. The van der Waals surface area contributed by atoms with E-state index in [0.29, 0.717) is 5.82 Å². The normalized spacial score (nSPS) is 24.6. The molecule has 6 nitrogen and oxygen atoms in total. The molecule has 6 heteroatoms. The zero-order valence-electron chi connectivity index (χ0n) is 10.1. The van der Waals surface area contributed by atoms with Crippen LogP contribution < -0.4 is 10.6 Å². The SMILES string of the molecule is CO[C@@H]1CCNC[C@@H]1NC(=O)c1nccn1C. The lowest BCUT2D eigenvalue weighted by molar-refractivity contribution is 0.0444. The second kappa shape index (κ2) is 5.29. The number of nitrogens with one attached hydrogen (secondary N) is 2. The number of aromatic nitrogens is 2. The third kappa shape index (κ3) is 2.65. The molecule has 94 valence electrons. The van der Waals surface area contributed by atoms with Crippen LogP contribution in [0.2, 0.25) is 0 Å². The first kappa shape index (κ1) is 12.1. The Hall–Kier alpha value is -1.40. The van der Waals surface area contributed by atoms with Crippen LogP contribution in [0.5, 0.6) is 0 Å². The van der Waals surface area contributed by atoms with Gasteiger partial charge >= 0.3 is 0 Å². The van der Waals surface area contributed by atoms with Gasteiger partial charge in [-0.1, -0.05) is 0 Å². The number of carbonyl (C=O) groups is 1. The van der Waals surface area contributed by atoms with Crippen molar-refractivity contribution in [2.24, 2.45) is 7.05 Å². The third-order valence-corrected chi connectivity index (χ3v) is 3.06.